The van der Waals surface area contributed by atoms with Crippen molar-refractivity contribution in [2.45, 2.75) is 64.7 Å². The van der Waals surface area contributed by atoms with Gasteiger partial charge < -0.3 is 19.2 Å². The summed E-state index contributed by atoms with van der Waals surface area (Å²) < 4.78 is 18.7. The first-order valence-corrected chi connectivity index (χ1v) is 13.3. The van der Waals surface area contributed by atoms with Crippen molar-refractivity contribution >= 4 is 10.9 Å². The van der Waals surface area contributed by atoms with E-state index in [-0.39, 0.29) is 12.4 Å². The molecule has 1 saturated carbocycles. The molecule has 2 aromatic heterocycles. The lowest BCUT2D eigenvalue weighted by Gasteiger charge is -2.25. The van der Waals surface area contributed by atoms with Crippen molar-refractivity contribution in [1.29, 1.82) is 0 Å². The fourth-order valence-electron chi connectivity index (χ4n) is 5.44. The fraction of sp³-hybridized carbons (Fsp3) is 0.429. The third-order valence-corrected chi connectivity index (χ3v) is 7.29. The molecule has 2 aliphatic rings. The van der Waals surface area contributed by atoms with Gasteiger partial charge in [-0.25, -0.2) is 4.68 Å². The summed E-state index contributed by atoms with van der Waals surface area (Å²) in [5.41, 5.74) is 2.40. The monoisotopic (exact) mass is 516 g/mol. The van der Waals surface area contributed by atoms with Crippen LogP contribution in [0, 0.1) is 0 Å². The van der Waals surface area contributed by atoms with Crippen molar-refractivity contribution in [1.82, 2.24) is 30.1 Å². The number of rotatable bonds is 9. The number of fused-ring (bicyclic) bond motifs is 2. The van der Waals surface area contributed by atoms with Crippen molar-refractivity contribution in [3.63, 3.8) is 0 Å². The number of aromatic nitrogens is 5. The molecule has 1 fully saturated rings. The Bertz CT molecular complexity index is 1480. The number of pyridine rings is 1. The summed E-state index contributed by atoms with van der Waals surface area (Å²) in [5.74, 6) is 3.08. The van der Waals surface area contributed by atoms with Crippen LogP contribution in [0.25, 0.3) is 10.9 Å². The van der Waals surface area contributed by atoms with Gasteiger partial charge in [0.2, 0.25) is 6.79 Å². The summed E-state index contributed by atoms with van der Waals surface area (Å²) in [6, 6.07) is 14.0. The highest BCUT2D eigenvalue weighted by Crippen LogP contribution is 2.33. The van der Waals surface area contributed by atoms with E-state index >= 15 is 0 Å². The topological polar surface area (TPSA) is 107 Å². The number of ether oxygens (including phenoxy) is 3. The van der Waals surface area contributed by atoms with Crippen molar-refractivity contribution in [3.05, 3.63) is 69.8 Å². The summed E-state index contributed by atoms with van der Waals surface area (Å²) in [4.78, 5) is 18.3. The largest absolute Gasteiger partial charge is 0.494 e. The van der Waals surface area contributed by atoms with Crippen LogP contribution in [0.1, 0.15) is 62.0 Å². The van der Waals surface area contributed by atoms with Crippen molar-refractivity contribution in [2.24, 2.45) is 0 Å². The second kappa shape index (κ2) is 10.8. The maximum atomic E-state index is 13.1. The smallest absolute Gasteiger partial charge is 0.252 e. The van der Waals surface area contributed by atoms with Crippen LogP contribution < -0.4 is 19.8 Å². The highest BCUT2D eigenvalue weighted by Gasteiger charge is 2.23. The van der Waals surface area contributed by atoms with Gasteiger partial charge in [0.25, 0.3) is 5.56 Å². The quantitative estimate of drug-likeness (QED) is 0.350. The Balaban J connectivity index is 1.31. The van der Waals surface area contributed by atoms with Crippen LogP contribution in [0.15, 0.2) is 47.3 Å². The molecule has 2 aromatic carbocycles. The number of aromatic amines is 1. The number of nitrogens with one attached hydrogen (secondary N) is 1. The van der Waals surface area contributed by atoms with Crippen molar-refractivity contribution < 1.29 is 14.2 Å². The Morgan fingerprint density at radius 2 is 1.89 bits per heavy atom. The summed E-state index contributed by atoms with van der Waals surface area (Å²) in [7, 11) is 0. The summed E-state index contributed by atoms with van der Waals surface area (Å²) >= 11 is 0. The number of H-pyrrole nitrogens is 1. The van der Waals surface area contributed by atoms with Crippen LogP contribution in [-0.4, -0.2) is 43.5 Å². The van der Waals surface area contributed by atoms with Gasteiger partial charge in [0.15, 0.2) is 17.3 Å². The van der Waals surface area contributed by atoms with Gasteiger partial charge in [0, 0.05) is 29.6 Å². The van der Waals surface area contributed by atoms with E-state index in [0.717, 1.165) is 52.4 Å². The van der Waals surface area contributed by atoms with E-state index in [1.54, 1.807) is 0 Å². The molecule has 0 unspecified atom stereocenters. The molecule has 1 aliphatic carbocycles. The zero-order valence-electron chi connectivity index (χ0n) is 21.6. The molecule has 1 N–H and O–H groups in total. The average molecular weight is 517 g/mol. The lowest BCUT2D eigenvalue weighted by Crippen LogP contribution is -2.29. The molecule has 0 bridgehead atoms. The number of nitrogens with zero attached hydrogens (tertiary/aromatic N) is 5. The standard InChI is InChI=1S/C28H32N6O4/c1-2-36-23-9-10-24-20(14-23)13-21(28(35)29-24)16-33(15-19-8-11-25-26(12-19)38-18-37-25)17-27-30-31-32-34(27)22-6-4-3-5-7-22/h8-14,22H,2-7,15-18H2,1H3,(H,29,35). The molecule has 0 amide bonds. The van der Waals surface area contributed by atoms with E-state index in [9.17, 15) is 4.79 Å². The number of hydrogen-bond acceptors (Lipinski definition) is 8. The molecule has 198 valence electrons. The lowest BCUT2D eigenvalue weighted by atomic mass is 9.95. The molecular weight excluding hydrogens is 484 g/mol. The number of tetrazole rings is 1. The van der Waals surface area contributed by atoms with Gasteiger partial charge >= 0.3 is 0 Å². The van der Waals surface area contributed by atoms with E-state index in [1.165, 1.54) is 19.3 Å². The SMILES string of the molecule is CCOc1ccc2[nH]c(=O)c(CN(Cc3ccc4c(c3)OCO4)Cc3nnnn3C3CCCCC3)cc2c1. The first kappa shape index (κ1) is 24.4. The number of benzene rings is 2. The molecule has 0 radical (unpaired) electrons. The first-order valence-electron chi connectivity index (χ1n) is 13.3. The van der Waals surface area contributed by atoms with Gasteiger partial charge in [0.1, 0.15) is 5.75 Å². The molecule has 6 rings (SSSR count). The van der Waals surface area contributed by atoms with E-state index in [2.05, 4.69) is 25.4 Å². The Morgan fingerprint density at radius 1 is 1.03 bits per heavy atom. The molecule has 0 saturated heterocycles. The molecule has 3 heterocycles. The number of hydrogen-bond donors (Lipinski definition) is 1. The molecule has 10 heteroatoms. The van der Waals surface area contributed by atoms with Crippen molar-refractivity contribution in [3.8, 4) is 17.2 Å². The Labute approximate surface area is 220 Å². The minimum Gasteiger partial charge on any atom is -0.494 e. The van der Waals surface area contributed by atoms with Gasteiger partial charge in [-0.15, -0.1) is 5.10 Å². The minimum absolute atomic E-state index is 0.107. The van der Waals surface area contributed by atoms with Crippen LogP contribution in [0.4, 0.5) is 0 Å². The highest BCUT2D eigenvalue weighted by molar-refractivity contribution is 5.80. The molecule has 0 atom stereocenters. The van der Waals surface area contributed by atoms with Crippen LogP contribution in [-0.2, 0) is 19.6 Å². The van der Waals surface area contributed by atoms with Crippen molar-refractivity contribution in [2.75, 3.05) is 13.4 Å². The zero-order valence-corrected chi connectivity index (χ0v) is 21.6. The van der Waals surface area contributed by atoms with Crippen LogP contribution >= 0.6 is 0 Å². The lowest BCUT2D eigenvalue weighted by molar-refractivity contribution is 0.174. The summed E-state index contributed by atoms with van der Waals surface area (Å²) in [6.45, 7) is 4.29. The second-order valence-electron chi connectivity index (χ2n) is 9.97. The third kappa shape index (κ3) is 5.22. The molecule has 4 aromatic rings. The minimum atomic E-state index is -0.107. The average Bonchev–Trinajstić information content (AvgIpc) is 3.59. The molecule has 38 heavy (non-hydrogen) atoms. The molecular formula is C28H32N6O4. The van der Waals surface area contributed by atoms with Gasteiger partial charge in [-0.1, -0.05) is 25.3 Å². The van der Waals surface area contributed by atoms with Gasteiger partial charge in [-0.3, -0.25) is 9.69 Å². The Kier molecular flexibility index (Phi) is 6.96. The highest BCUT2D eigenvalue weighted by atomic mass is 16.7. The molecule has 10 nitrogen and oxygen atoms in total. The molecule has 1 aliphatic heterocycles. The fourth-order valence-corrected chi connectivity index (χ4v) is 5.44. The summed E-state index contributed by atoms with van der Waals surface area (Å²) in [6.07, 6.45) is 5.83. The maximum Gasteiger partial charge on any atom is 0.252 e. The van der Waals surface area contributed by atoms with E-state index in [0.29, 0.717) is 37.8 Å². The van der Waals surface area contributed by atoms with Gasteiger partial charge in [-0.05, 0) is 72.2 Å². The Hall–Kier alpha value is -3.92. The first-order chi connectivity index (χ1) is 18.7. The van der Waals surface area contributed by atoms with Crippen LogP contribution in [0.3, 0.4) is 0 Å². The second-order valence-corrected chi connectivity index (χ2v) is 9.97. The predicted octanol–water partition coefficient (Wildman–Crippen LogP) is 4.35. The van der Waals surface area contributed by atoms with Crippen LogP contribution in [0.5, 0.6) is 17.2 Å². The third-order valence-electron chi connectivity index (χ3n) is 7.29. The van der Waals surface area contributed by atoms with E-state index in [4.69, 9.17) is 14.2 Å². The van der Waals surface area contributed by atoms with Gasteiger partial charge in [-0.2, -0.15) is 0 Å². The van der Waals surface area contributed by atoms with E-state index < -0.39 is 0 Å². The Morgan fingerprint density at radius 3 is 2.76 bits per heavy atom. The normalized spacial score (nSPS) is 15.4. The molecule has 0 spiro atoms. The predicted molar refractivity (Wildman–Crippen MR) is 141 cm³/mol. The van der Waals surface area contributed by atoms with Gasteiger partial charge in [0.05, 0.1) is 19.2 Å². The zero-order chi connectivity index (χ0) is 25.9. The maximum absolute atomic E-state index is 13.1. The summed E-state index contributed by atoms with van der Waals surface area (Å²) in [5, 5.41) is 13.7. The van der Waals surface area contributed by atoms with Crippen LogP contribution in [0.2, 0.25) is 0 Å². The van der Waals surface area contributed by atoms with E-state index in [1.807, 2.05) is 54.1 Å².